The lowest BCUT2D eigenvalue weighted by Crippen LogP contribution is -2.01. The van der Waals surface area contributed by atoms with Gasteiger partial charge in [0.05, 0.1) is 0 Å². The van der Waals surface area contributed by atoms with Crippen molar-refractivity contribution in [2.75, 3.05) is 12.4 Å². The first-order valence-corrected chi connectivity index (χ1v) is 5.95. The molecule has 0 radical (unpaired) electrons. The molecule has 0 bridgehead atoms. The first-order chi connectivity index (χ1) is 9.15. The van der Waals surface area contributed by atoms with Crippen molar-refractivity contribution >= 4 is 5.82 Å². The number of ether oxygens (including phenoxy) is 1. The number of nitrogens with one attached hydrogen (secondary N) is 1. The minimum Gasteiger partial charge on any atom is -0.436 e. The van der Waals surface area contributed by atoms with Gasteiger partial charge in [-0.05, 0) is 18.1 Å². The van der Waals surface area contributed by atoms with Gasteiger partial charge in [0.1, 0.15) is 5.75 Å². The zero-order valence-electron chi connectivity index (χ0n) is 10.7. The number of aromatic nitrogens is 1. The fourth-order valence-electron chi connectivity index (χ4n) is 1.70. The summed E-state index contributed by atoms with van der Waals surface area (Å²) in [6.07, 6.45) is 0.748. The highest BCUT2D eigenvalue weighted by Crippen LogP contribution is 2.28. The minimum absolute atomic E-state index is 0.0506. The second kappa shape index (κ2) is 5.65. The van der Waals surface area contributed by atoms with Gasteiger partial charge in [0.15, 0.2) is 17.5 Å². The molecule has 0 atom stereocenters. The second-order valence-electron chi connectivity index (χ2n) is 3.92. The predicted octanol–water partition coefficient (Wildman–Crippen LogP) is 3.76. The average Bonchev–Trinajstić information content (AvgIpc) is 2.42. The molecule has 0 spiro atoms. The maximum Gasteiger partial charge on any atom is 0.258 e. The van der Waals surface area contributed by atoms with Gasteiger partial charge in [-0.1, -0.05) is 25.1 Å². The molecule has 1 aromatic heterocycles. The third kappa shape index (κ3) is 2.81. The summed E-state index contributed by atoms with van der Waals surface area (Å²) < 4.78 is 32.4. The highest BCUT2D eigenvalue weighted by Gasteiger charge is 2.14. The standard InChI is InChI=1S/C14H14F2N2O/c1-3-9-6-4-5-7-12(9)19-14-11(16)8-10(15)13(17-2)18-14/h4-8H,3H2,1-2H3,(H,17,18). The number of aryl methyl sites for hydroxylation is 1. The largest absolute Gasteiger partial charge is 0.436 e. The molecule has 0 aliphatic carbocycles. The van der Waals surface area contributed by atoms with Gasteiger partial charge in [-0.2, -0.15) is 4.98 Å². The molecular formula is C14H14F2N2O. The number of halogens is 2. The van der Waals surface area contributed by atoms with E-state index in [-0.39, 0.29) is 11.7 Å². The Morgan fingerprint density at radius 3 is 2.63 bits per heavy atom. The number of pyridine rings is 1. The van der Waals surface area contributed by atoms with Crippen molar-refractivity contribution in [2.24, 2.45) is 0 Å². The van der Waals surface area contributed by atoms with E-state index in [1.807, 2.05) is 19.1 Å². The molecule has 1 heterocycles. The Morgan fingerprint density at radius 1 is 1.21 bits per heavy atom. The van der Waals surface area contributed by atoms with Crippen LogP contribution in [0.3, 0.4) is 0 Å². The number of benzene rings is 1. The Hall–Kier alpha value is -2.17. The Bertz CT molecular complexity index is 588. The van der Waals surface area contributed by atoms with Gasteiger partial charge in [-0.3, -0.25) is 0 Å². The lowest BCUT2D eigenvalue weighted by molar-refractivity contribution is 0.414. The third-order valence-electron chi connectivity index (χ3n) is 2.69. The van der Waals surface area contributed by atoms with E-state index in [9.17, 15) is 8.78 Å². The lowest BCUT2D eigenvalue weighted by atomic mass is 10.1. The van der Waals surface area contributed by atoms with Crippen molar-refractivity contribution in [3.05, 3.63) is 47.5 Å². The molecule has 0 saturated heterocycles. The van der Waals surface area contributed by atoms with Gasteiger partial charge in [-0.25, -0.2) is 8.78 Å². The van der Waals surface area contributed by atoms with E-state index in [1.165, 1.54) is 7.05 Å². The zero-order valence-corrected chi connectivity index (χ0v) is 10.7. The van der Waals surface area contributed by atoms with Gasteiger partial charge >= 0.3 is 0 Å². The van der Waals surface area contributed by atoms with Crippen molar-refractivity contribution in [2.45, 2.75) is 13.3 Å². The van der Waals surface area contributed by atoms with Crippen LogP contribution in [0.2, 0.25) is 0 Å². The number of nitrogens with zero attached hydrogens (tertiary/aromatic N) is 1. The molecule has 0 amide bonds. The SMILES string of the molecule is CCc1ccccc1Oc1nc(NC)c(F)cc1F. The smallest absolute Gasteiger partial charge is 0.258 e. The number of anilines is 1. The molecule has 0 saturated carbocycles. The number of para-hydroxylation sites is 1. The molecule has 0 fully saturated rings. The third-order valence-corrected chi connectivity index (χ3v) is 2.69. The van der Waals surface area contributed by atoms with Gasteiger partial charge in [0, 0.05) is 13.1 Å². The van der Waals surface area contributed by atoms with Crippen LogP contribution in [0.25, 0.3) is 0 Å². The van der Waals surface area contributed by atoms with Crippen LogP contribution in [-0.4, -0.2) is 12.0 Å². The summed E-state index contributed by atoms with van der Waals surface area (Å²) in [5.41, 5.74) is 0.930. The Labute approximate surface area is 110 Å². The first kappa shape index (κ1) is 13.3. The number of hydrogen-bond acceptors (Lipinski definition) is 3. The summed E-state index contributed by atoms with van der Waals surface area (Å²) >= 11 is 0. The van der Waals surface area contributed by atoms with Gasteiger partial charge in [0.2, 0.25) is 0 Å². The quantitative estimate of drug-likeness (QED) is 0.913. The van der Waals surface area contributed by atoms with E-state index in [4.69, 9.17) is 4.74 Å². The Balaban J connectivity index is 2.38. The highest BCUT2D eigenvalue weighted by atomic mass is 19.1. The molecule has 1 N–H and O–H groups in total. The molecule has 1 aromatic carbocycles. The van der Waals surface area contributed by atoms with E-state index >= 15 is 0 Å². The van der Waals surface area contributed by atoms with E-state index < -0.39 is 11.6 Å². The molecule has 0 aliphatic heterocycles. The van der Waals surface area contributed by atoms with Crippen molar-refractivity contribution in [1.82, 2.24) is 4.98 Å². The number of hydrogen-bond donors (Lipinski definition) is 1. The number of rotatable bonds is 4. The van der Waals surface area contributed by atoms with Crippen molar-refractivity contribution in [3.8, 4) is 11.6 Å². The van der Waals surface area contributed by atoms with Crippen molar-refractivity contribution in [1.29, 1.82) is 0 Å². The maximum atomic E-state index is 13.6. The molecule has 0 unspecified atom stereocenters. The monoisotopic (exact) mass is 264 g/mol. The van der Waals surface area contributed by atoms with E-state index in [1.54, 1.807) is 12.1 Å². The molecule has 2 rings (SSSR count). The fraction of sp³-hybridized carbons (Fsp3) is 0.214. The van der Waals surface area contributed by atoms with Gasteiger partial charge in [-0.15, -0.1) is 0 Å². The van der Waals surface area contributed by atoms with Crippen molar-refractivity contribution in [3.63, 3.8) is 0 Å². The summed E-state index contributed by atoms with van der Waals surface area (Å²) in [7, 11) is 1.51. The van der Waals surface area contributed by atoms with Gasteiger partial charge in [0.25, 0.3) is 5.88 Å². The summed E-state index contributed by atoms with van der Waals surface area (Å²) in [4.78, 5) is 3.78. The molecule has 3 nitrogen and oxygen atoms in total. The lowest BCUT2D eigenvalue weighted by Gasteiger charge is -2.11. The highest BCUT2D eigenvalue weighted by molar-refractivity contribution is 5.42. The Kier molecular flexibility index (Phi) is 3.94. The minimum atomic E-state index is -0.831. The zero-order chi connectivity index (χ0) is 13.8. The van der Waals surface area contributed by atoms with E-state index in [2.05, 4.69) is 10.3 Å². The fourth-order valence-corrected chi connectivity index (χ4v) is 1.70. The summed E-state index contributed by atoms with van der Waals surface area (Å²) in [5, 5.41) is 2.54. The molecular weight excluding hydrogens is 250 g/mol. The van der Waals surface area contributed by atoms with Crippen LogP contribution in [-0.2, 0) is 6.42 Å². The average molecular weight is 264 g/mol. The summed E-state index contributed by atoms with van der Waals surface area (Å²) in [6, 6.07) is 8.02. The van der Waals surface area contributed by atoms with Gasteiger partial charge < -0.3 is 10.1 Å². The molecule has 19 heavy (non-hydrogen) atoms. The normalized spacial score (nSPS) is 10.3. The first-order valence-electron chi connectivity index (χ1n) is 5.95. The predicted molar refractivity (Wildman–Crippen MR) is 69.6 cm³/mol. The summed E-state index contributed by atoms with van der Waals surface area (Å²) in [5.74, 6) is -1.36. The Morgan fingerprint density at radius 2 is 1.95 bits per heavy atom. The van der Waals surface area contributed by atoms with Crippen LogP contribution in [0.15, 0.2) is 30.3 Å². The van der Waals surface area contributed by atoms with Crippen LogP contribution in [0.4, 0.5) is 14.6 Å². The van der Waals surface area contributed by atoms with Crippen LogP contribution < -0.4 is 10.1 Å². The van der Waals surface area contributed by atoms with Crippen LogP contribution in [0.5, 0.6) is 11.6 Å². The van der Waals surface area contributed by atoms with Crippen LogP contribution in [0.1, 0.15) is 12.5 Å². The maximum absolute atomic E-state index is 13.6. The van der Waals surface area contributed by atoms with Crippen LogP contribution in [0, 0.1) is 11.6 Å². The van der Waals surface area contributed by atoms with Crippen molar-refractivity contribution < 1.29 is 13.5 Å². The van der Waals surface area contributed by atoms with Crippen LogP contribution >= 0.6 is 0 Å². The molecule has 2 aromatic rings. The summed E-state index contributed by atoms with van der Waals surface area (Å²) in [6.45, 7) is 1.97. The van der Waals surface area contributed by atoms with E-state index in [0.29, 0.717) is 5.75 Å². The molecule has 100 valence electrons. The topological polar surface area (TPSA) is 34.1 Å². The molecule has 5 heteroatoms. The second-order valence-corrected chi connectivity index (χ2v) is 3.92. The van der Waals surface area contributed by atoms with E-state index in [0.717, 1.165) is 18.1 Å². The molecule has 0 aliphatic rings.